The number of hydrogen-bond donors (Lipinski definition) is 2. The molecular formula is C13H17BrClNO2. The Morgan fingerprint density at radius 2 is 2.39 bits per heavy atom. The molecule has 1 aromatic carbocycles. The van der Waals surface area contributed by atoms with Crippen LogP contribution in [0.15, 0.2) is 22.7 Å². The fourth-order valence-corrected chi connectivity index (χ4v) is 2.62. The fourth-order valence-electron chi connectivity index (χ4n) is 2.08. The van der Waals surface area contributed by atoms with E-state index in [1.807, 2.05) is 25.1 Å². The van der Waals surface area contributed by atoms with Crippen molar-refractivity contribution in [2.75, 3.05) is 13.2 Å². The van der Waals surface area contributed by atoms with Crippen LogP contribution in [-0.2, 0) is 11.3 Å². The summed E-state index contributed by atoms with van der Waals surface area (Å²) >= 11 is 9.33. The number of rotatable bonds is 4. The SMILES string of the molecule is CC1OCCC1(O)CNCc1ccc(Cl)c(Br)c1. The first-order chi connectivity index (χ1) is 8.51. The van der Waals surface area contributed by atoms with E-state index in [2.05, 4.69) is 21.2 Å². The summed E-state index contributed by atoms with van der Waals surface area (Å²) in [6.07, 6.45) is 0.577. The van der Waals surface area contributed by atoms with Crippen molar-refractivity contribution in [3.05, 3.63) is 33.3 Å². The van der Waals surface area contributed by atoms with E-state index < -0.39 is 5.60 Å². The third-order valence-corrected chi connectivity index (χ3v) is 4.62. The summed E-state index contributed by atoms with van der Waals surface area (Å²) in [7, 11) is 0. The quantitative estimate of drug-likeness (QED) is 0.889. The van der Waals surface area contributed by atoms with E-state index >= 15 is 0 Å². The molecule has 3 nitrogen and oxygen atoms in total. The average Bonchev–Trinajstić information content (AvgIpc) is 2.65. The van der Waals surface area contributed by atoms with Crippen molar-refractivity contribution in [1.82, 2.24) is 5.32 Å². The van der Waals surface area contributed by atoms with Gasteiger partial charge in [-0.2, -0.15) is 0 Å². The van der Waals surface area contributed by atoms with Crippen LogP contribution in [0.1, 0.15) is 18.9 Å². The van der Waals surface area contributed by atoms with Gasteiger partial charge in [0.15, 0.2) is 0 Å². The van der Waals surface area contributed by atoms with Crippen molar-refractivity contribution in [3.8, 4) is 0 Å². The Morgan fingerprint density at radius 1 is 1.61 bits per heavy atom. The third kappa shape index (κ3) is 3.25. The van der Waals surface area contributed by atoms with Crippen LogP contribution in [0.5, 0.6) is 0 Å². The minimum atomic E-state index is -0.746. The highest BCUT2D eigenvalue weighted by atomic mass is 79.9. The van der Waals surface area contributed by atoms with Crippen LogP contribution in [0, 0.1) is 0 Å². The van der Waals surface area contributed by atoms with Crippen LogP contribution in [0.25, 0.3) is 0 Å². The second kappa shape index (κ2) is 5.88. The average molecular weight is 335 g/mol. The standard InChI is InChI=1S/C13H17BrClNO2/c1-9-13(17,4-5-18-9)8-16-7-10-2-3-12(15)11(14)6-10/h2-3,6,9,16-17H,4-5,7-8H2,1H3. The second-order valence-corrected chi connectivity index (χ2v) is 5.98. The van der Waals surface area contributed by atoms with Crippen LogP contribution < -0.4 is 5.32 Å². The third-order valence-electron chi connectivity index (χ3n) is 3.40. The van der Waals surface area contributed by atoms with E-state index in [1.54, 1.807) is 0 Å². The maximum atomic E-state index is 10.3. The van der Waals surface area contributed by atoms with Crippen LogP contribution in [0.4, 0.5) is 0 Å². The molecule has 0 spiro atoms. The molecule has 0 saturated carbocycles. The molecule has 1 aromatic rings. The Labute approximate surface area is 121 Å². The predicted molar refractivity (Wildman–Crippen MR) is 75.8 cm³/mol. The highest BCUT2D eigenvalue weighted by Crippen LogP contribution is 2.25. The first-order valence-electron chi connectivity index (χ1n) is 6.00. The molecule has 1 aliphatic heterocycles. The lowest BCUT2D eigenvalue weighted by Crippen LogP contribution is -2.45. The second-order valence-electron chi connectivity index (χ2n) is 4.72. The molecule has 2 unspecified atom stereocenters. The minimum Gasteiger partial charge on any atom is -0.386 e. The molecule has 5 heteroatoms. The highest BCUT2D eigenvalue weighted by molar-refractivity contribution is 9.10. The van der Waals surface area contributed by atoms with Crippen LogP contribution >= 0.6 is 27.5 Å². The molecule has 18 heavy (non-hydrogen) atoms. The number of benzene rings is 1. The number of nitrogens with one attached hydrogen (secondary N) is 1. The largest absolute Gasteiger partial charge is 0.386 e. The zero-order valence-corrected chi connectivity index (χ0v) is 12.6. The van der Waals surface area contributed by atoms with E-state index in [9.17, 15) is 5.11 Å². The zero-order chi connectivity index (χ0) is 13.2. The fraction of sp³-hybridized carbons (Fsp3) is 0.538. The molecule has 2 N–H and O–H groups in total. The monoisotopic (exact) mass is 333 g/mol. The van der Waals surface area contributed by atoms with E-state index in [4.69, 9.17) is 16.3 Å². The van der Waals surface area contributed by atoms with E-state index in [0.29, 0.717) is 31.1 Å². The van der Waals surface area contributed by atoms with Gasteiger partial charge in [0.2, 0.25) is 0 Å². The number of ether oxygens (including phenoxy) is 1. The molecule has 0 bridgehead atoms. The summed E-state index contributed by atoms with van der Waals surface area (Å²) in [4.78, 5) is 0. The number of aliphatic hydroxyl groups is 1. The first-order valence-corrected chi connectivity index (χ1v) is 7.17. The Bertz CT molecular complexity index is 429. The van der Waals surface area contributed by atoms with Crippen LogP contribution in [-0.4, -0.2) is 30.0 Å². The molecule has 2 atom stereocenters. The van der Waals surface area contributed by atoms with E-state index in [1.165, 1.54) is 0 Å². The van der Waals surface area contributed by atoms with Crippen molar-refractivity contribution in [2.45, 2.75) is 31.6 Å². The Hall–Kier alpha value is -0.130. The summed E-state index contributed by atoms with van der Waals surface area (Å²) in [5.74, 6) is 0. The molecule has 1 heterocycles. The van der Waals surface area contributed by atoms with Gasteiger partial charge in [-0.05, 0) is 40.5 Å². The number of hydrogen-bond acceptors (Lipinski definition) is 3. The van der Waals surface area contributed by atoms with Gasteiger partial charge in [0.05, 0.1) is 11.1 Å². The normalized spacial score (nSPS) is 27.7. The lowest BCUT2D eigenvalue weighted by atomic mass is 9.96. The molecule has 0 aliphatic carbocycles. The molecule has 1 aliphatic rings. The van der Waals surface area contributed by atoms with Gasteiger partial charge in [-0.3, -0.25) is 0 Å². The van der Waals surface area contributed by atoms with Gasteiger partial charge in [-0.15, -0.1) is 0 Å². The Morgan fingerprint density at radius 3 is 3.00 bits per heavy atom. The Kier molecular flexibility index (Phi) is 4.67. The van der Waals surface area contributed by atoms with Gasteiger partial charge in [-0.1, -0.05) is 17.7 Å². The van der Waals surface area contributed by atoms with E-state index in [-0.39, 0.29) is 6.10 Å². The summed E-state index contributed by atoms with van der Waals surface area (Å²) in [6.45, 7) is 3.78. The molecular weight excluding hydrogens is 318 g/mol. The summed E-state index contributed by atoms with van der Waals surface area (Å²) in [5, 5.41) is 14.3. The highest BCUT2D eigenvalue weighted by Gasteiger charge is 2.38. The van der Waals surface area contributed by atoms with Gasteiger partial charge in [0.1, 0.15) is 5.60 Å². The minimum absolute atomic E-state index is 0.109. The smallest absolute Gasteiger partial charge is 0.105 e. The summed E-state index contributed by atoms with van der Waals surface area (Å²) in [6, 6.07) is 5.81. The predicted octanol–water partition coefficient (Wildman–Crippen LogP) is 2.73. The molecule has 0 aromatic heterocycles. The topological polar surface area (TPSA) is 41.5 Å². The molecule has 1 fully saturated rings. The van der Waals surface area contributed by atoms with Crippen LogP contribution in [0.3, 0.4) is 0 Å². The van der Waals surface area contributed by atoms with Gasteiger partial charge < -0.3 is 15.2 Å². The molecule has 100 valence electrons. The number of halogens is 2. The lowest BCUT2D eigenvalue weighted by Gasteiger charge is -2.26. The Balaban J connectivity index is 1.86. The lowest BCUT2D eigenvalue weighted by molar-refractivity contribution is -0.0262. The summed E-state index contributed by atoms with van der Waals surface area (Å²) < 4.78 is 6.28. The van der Waals surface area contributed by atoms with Crippen molar-refractivity contribution in [2.24, 2.45) is 0 Å². The maximum absolute atomic E-state index is 10.3. The van der Waals surface area contributed by atoms with Gasteiger partial charge >= 0.3 is 0 Å². The van der Waals surface area contributed by atoms with Crippen molar-refractivity contribution >= 4 is 27.5 Å². The van der Waals surface area contributed by atoms with Gasteiger partial charge in [0.25, 0.3) is 0 Å². The van der Waals surface area contributed by atoms with Crippen molar-refractivity contribution in [3.63, 3.8) is 0 Å². The van der Waals surface area contributed by atoms with Crippen molar-refractivity contribution in [1.29, 1.82) is 0 Å². The van der Waals surface area contributed by atoms with Crippen LogP contribution in [0.2, 0.25) is 5.02 Å². The maximum Gasteiger partial charge on any atom is 0.105 e. The first kappa shape index (κ1) is 14.3. The van der Waals surface area contributed by atoms with Crippen molar-refractivity contribution < 1.29 is 9.84 Å². The molecule has 2 rings (SSSR count). The van der Waals surface area contributed by atoms with E-state index in [0.717, 1.165) is 10.0 Å². The van der Waals surface area contributed by atoms with Gasteiger partial charge in [0, 0.05) is 30.6 Å². The molecule has 0 radical (unpaired) electrons. The molecule has 1 saturated heterocycles. The zero-order valence-electron chi connectivity index (χ0n) is 10.2. The van der Waals surface area contributed by atoms with Gasteiger partial charge in [-0.25, -0.2) is 0 Å². The molecule has 0 amide bonds. The summed E-state index contributed by atoms with van der Waals surface area (Å²) in [5.41, 5.74) is 0.380.